The van der Waals surface area contributed by atoms with Gasteiger partial charge < -0.3 is 9.80 Å². The van der Waals surface area contributed by atoms with E-state index >= 15 is 0 Å². The average Bonchev–Trinajstić information content (AvgIpc) is 3.36. The van der Waals surface area contributed by atoms with E-state index in [9.17, 15) is 14.4 Å². The first-order valence-electron chi connectivity index (χ1n) is 10.6. The highest BCUT2D eigenvalue weighted by molar-refractivity contribution is 6.01. The van der Waals surface area contributed by atoms with Crippen LogP contribution in [0.3, 0.4) is 0 Å². The summed E-state index contributed by atoms with van der Waals surface area (Å²) in [5, 5.41) is 2.27. The molecule has 30 heavy (non-hydrogen) atoms. The first-order valence-corrected chi connectivity index (χ1v) is 10.6. The molecule has 2 aliphatic heterocycles. The number of likely N-dealkylation sites (tertiary alicyclic amines) is 1. The summed E-state index contributed by atoms with van der Waals surface area (Å²) in [7, 11) is 0. The van der Waals surface area contributed by atoms with E-state index in [1.54, 1.807) is 0 Å². The first kappa shape index (κ1) is 20.1. The Morgan fingerprint density at radius 1 is 1.00 bits per heavy atom. The van der Waals surface area contributed by atoms with Gasteiger partial charge in [0.2, 0.25) is 11.8 Å². The topological polar surface area (TPSA) is 69.7 Å². The van der Waals surface area contributed by atoms with Gasteiger partial charge in [0.25, 0.3) is 0 Å². The van der Waals surface area contributed by atoms with Crippen molar-refractivity contribution in [1.29, 1.82) is 0 Å². The molecule has 0 aromatic heterocycles. The SMILES string of the molecule is O=C1CN(CCCC(=O)N2CCC[C@H]2C(c2ccccc2)c2ccccc2)C(=O)N1. The lowest BCUT2D eigenvalue weighted by atomic mass is 9.84. The lowest BCUT2D eigenvalue weighted by molar-refractivity contribution is -0.132. The molecule has 156 valence electrons. The van der Waals surface area contributed by atoms with Gasteiger partial charge in [-0.1, -0.05) is 60.7 Å². The van der Waals surface area contributed by atoms with Gasteiger partial charge in [-0.15, -0.1) is 0 Å². The van der Waals surface area contributed by atoms with E-state index in [0.717, 1.165) is 19.4 Å². The fraction of sp³-hybridized carbons (Fsp3) is 0.375. The van der Waals surface area contributed by atoms with Crippen molar-refractivity contribution in [3.63, 3.8) is 0 Å². The molecule has 0 radical (unpaired) electrons. The predicted molar refractivity (Wildman–Crippen MR) is 114 cm³/mol. The summed E-state index contributed by atoms with van der Waals surface area (Å²) in [6.45, 7) is 1.27. The van der Waals surface area contributed by atoms with E-state index in [0.29, 0.717) is 19.4 Å². The maximum Gasteiger partial charge on any atom is 0.324 e. The van der Waals surface area contributed by atoms with Gasteiger partial charge in [0.05, 0.1) is 0 Å². The third-order valence-electron chi connectivity index (χ3n) is 6.01. The van der Waals surface area contributed by atoms with Crippen molar-refractivity contribution < 1.29 is 14.4 Å². The first-order chi connectivity index (χ1) is 14.6. The van der Waals surface area contributed by atoms with Gasteiger partial charge in [0.15, 0.2) is 0 Å². The zero-order chi connectivity index (χ0) is 20.9. The van der Waals surface area contributed by atoms with E-state index in [1.165, 1.54) is 16.0 Å². The highest BCUT2D eigenvalue weighted by atomic mass is 16.2. The van der Waals surface area contributed by atoms with E-state index in [2.05, 4.69) is 53.8 Å². The van der Waals surface area contributed by atoms with Crippen LogP contribution in [0.15, 0.2) is 60.7 Å². The maximum atomic E-state index is 13.1. The number of carbonyl (C=O) groups excluding carboxylic acids is 3. The number of benzene rings is 2. The summed E-state index contributed by atoms with van der Waals surface area (Å²) in [5.41, 5.74) is 2.45. The van der Waals surface area contributed by atoms with Gasteiger partial charge in [0.1, 0.15) is 6.54 Å². The lowest BCUT2D eigenvalue weighted by Gasteiger charge is -2.33. The summed E-state index contributed by atoms with van der Waals surface area (Å²) in [5.74, 6) is -0.0133. The molecule has 0 aliphatic carbocycles. The van der Waals surface area contributed by atoms with Gasteiger partial charge in [-0.05, 0) is 30.4 Å². The van der Waals surface area contributed by atoms with Crippen LogP contribution in [0.5, 0.6) is 0 Å². The van der Waals surface area contributed by atoms with Crippen LogP contribution in [0.1, 0.15) is 42.7 Å². The second-order valence-corrected chi connectivity index (χ2v) is 7.97. The minimum Gasteiger partial charge on any atom is -0.339 e. The molecule has 0 spiro atoms. The highest BCUT2D eigenvalue weighted by Gasteiger charge is 2.36. The molecular formula is C24H27N3O3. The van der Waals surface area contributed by atoms with Crippen molar-refractivity contribution in [2.24, 2.45) is 0 Å². The average molecular weight is 405 g/mol. The van der Waals surface area contributed by atoms with Crippen LogP contribution in [0.2, 0.25) is 0 Å². The van der Waals surface area contributed by atoms with Crippen LogP contribution < -0.4 is 5.32 Å². The number of urea groups is 1. The Kier molecular flexibility index (Phi) is 6.12. The zero-order valence-corrected chi connectivity index (χ0v) is 17.0. The quantitative estimate of drug-likeness (QED) is 0.720. The van der Waals surface area contributed by atoms with Crippen LogP contribution in [-0.2, 0) is 9.59 Å². The number of nitrogens with zero attached hydrogens (tertiary/aromatic N) is 2. The van der Waals surface area contributed by atoms with Crippen LogP contribution >= 0.6 is 0 Å². The number of carbonyl (C=O) groups is 3. The van der Waals surface area contributed by atoms with Crippen molar-refractivity contribution in [3.05, 3.63) is 71.8 Å². The van der Waals surface area contributed by atoms with Crippen LogP contribution in [0.25, 0.3) is 0 Å². The van der Waals surface area contributed by atoms with Crippen molar-refractivity contribution in [2.75, 3.05) is 19.6 Å². The molecule has 2 heterocycles. The highest BCUT2D eigenvalue weighted by Crippen LogP contribution is 2.36. The number of amides is 4. The monoisotopic (exact) mass is 405 g/mol. The molecule has 4 rings (SSSR count). The zero-order valence-electron chi connectivity index (χ0n) is 17.0. The summed E-state index contributed by atoms with van der Waals surface area (Å²) in [6.07, 6.45) is 2.91. The molecule has 2 saturated heterocycles. The van der Waals surface area contributed by atoms with Gasteiger partial charge in [0, 0.05) is 31.5 Å². The number of rotatable bonds is 7. The molecule has 1 N–H and O–H groups in total. The summed E-state index contributed by atoms with van der Waals surface area (Å²) in [6, 6.07) is 20.6. The second kappa shape index (κ2) is 9.11. The maximum absolute atomic E-state index is 13.1. The molecule has 6 nitrogen and oxygen atoms in total. The lowest BCUT2D eigenvalue weighted by Crippen LogP contribution is -2.40. The molecule has 6 heteroatoms. The minimum absolute atomic E-state index is 0.0868. The van der Waals surface area contributed by atoms with Crippen molar-refractivity contribution >= 4 is 17.8 Å². The van der Waals surface area contributed by atoms with Gasteiger partial charge in [-0.25, -0.2) is 4.79 Å². The number of hydrogen-bond donors (Lipinski definition) is 1. The van der Waals surface area contributed by atoms with Crippen LogP contribution in [-0.4, -0.2) is 53.3 Å². The number of hydrogen-bond acceptors (Lipinski definition) is 3. The minimum atomic E-state index is -0.361. The Labute approximate surface area is 176 Å². The normalized spacial score (nSPS) is 18.9. The summed E-state index contributed by atoms with van der Waals surface area (Å²) < 4.78 is 0. The van der Waals surface area contributed by atoms with Crippen molar-refractivity contribution in [2.45, 2.75) is 37.6 Å². The molecule has 2 fully saturated rings. The molecule has 1 atom stereocenters. The van der Waals surface area contributed by atoms with E-state index in [-0.39, 0.29) is 36.3 Å². The largest absolute Gasteiger partial charge is 0.339 e. The molecule has 4 amide bonds. The fourth-order valence-corrected chi connectivity index (χ4v) is 4.63. The Morgan fingerprint density at radius 3 is 2.20 bits per heavy atom. The molecule has 2 aromatic rings. The van der Waals surface area contributed by atoms with Crippen molar-refractivity contribution in [3.8, 4) is 0 Å². The van der Waals surface area contributed by atoms with E-state index < -0.39 is 0 Å². The Morgan fingerprint density at radius 2 is 1.63 bits per heavy atom. The molecular weight excluding hydrogens is 378 g/mol. The predicted octanol–water partition coefficient (Wildman–Crippen LogP) is 3.14. The molecule has 0 unspecified atom stereocenters. The fourth-order valence-electron chi connectivity index (χ4n) is 4.63. The van der Waals surface area contributed by atoms with Gasteiger partial charge >= 0.3 is 6.03 Å². The molecule has 2 aliphatic rings. The van der Waals surface area contributed by atoms with E-state index in [1.807, 2.05) is 17.0 Å². The third kappa shape index (κ3) is 4.37. The Hall–Kier alpha value is -3.15. The van der Waals surface area contributed by atoms with Crippen LogP contribution in [0.4, 0.5) is 4.79 Å². The molecule has 0 bridgehead atoms. The smallest absolute Gasteiger partial charge is 0.324 e. The molecule has 2 aromatic carbocycles. The van der Waals surface area contributed by atoms with E-state index in [4.69, 9.17) is 0 Å². The Balaban J connectivity index is 1.46. The van der Waals surface area contributed by atoms with Gasteiger partial charge in [-0.2, -0.15) is 0 Å². The van der Waals surface area contributed by atoms with Crippen LogP contribution in [0, 0.1) is 0 Å². The number of nitrogens with one attached hydrogen (secondary N) is 1. The third-order valence-corrected chi connectivity index (χ3v) is 6.01. The summed E-state index contributed by atoms with van der Waals surface area (Å²) >= 11 is 0. The standard InChI is InChI=1S/C24H27N3O3/c28-21-17-26(24(30)25-21)15-8-14-22(29)27-16-7-13-20(27)23(18-9-3-1-4-10-18)19-11-5-2-6-12-19/h1-6,9-12,20,23H,7-8,13-17H2,(H,25,28,30)/t20-/m0/s1. The van der Waals surface area contributed by atoms with Gasteiger partial charge in [-0.3, -0.25) is 14.9 Å². The Bertz CT molecular complexity index is 861. The molecule has 0 saturated carbocycles. The number of imide groups is 1. The summed E-state index contributed by atoms with van der Waals surface area (Å²) in [4.78, 5) is 39.6. The van der Waals surface area contributed by atoms with Crippen molar-refractivity contribution in [1.82, 2.24) is 15.1 Å². The second-order valence-electron chi connectivity index (χ2n) is 7.97.